The summed E-state index contributed by atoms with van der Waals surface area (Å²) in [5.41, 5.74) is 5.67. The fourth-order valence-corrected chi connectivity index (χ4v) is 2.33. The minimum atomic E-state index is -0.760. The monoisotopic (exact) mass is 306 g/mol. The number of rotatable bonds is 4. The van der Waals surface area contributed by atoms with Crippen molar-refractivity contribution in [2.24, 2.45) is 5.73 Å². The Morgan fingerprint density at radius 2 is 2.29 bits per heavy atom. The van der Waals surface area contributed by atoms with Crippen LogP contribution in [0.4, 0.5) is 10.1 Å². The van der Waals surface area contributed by atoms with Gasteiger partial charge in [0.25, 0.3) is 0 Å². The molecule has 0 spiro atoms. The molecule has 108 valence electrons. The zero-order valence-electron chi connectivity index (χ0n) is 10.8. The van der Waals surface area contributed by atoms with Crippen molar-refractivity contribution in [1.29, 1.82) is 0 Å². The van der Waals surface area contributed by atoms with Crippen molar-refractivity contribution in [3.63, 3.8) is 0 Å². The summed E-state index contributed by atoms with van der Waals surface area (Å²) >= 11 is 1.38. The number of ether oxygens (including phenoxy) is 1. The minimum absolute atomic E-state index is 0.0384. The van der Waals surface area contributed by atoms with Crippen LogP contribution >= 0.6 is 11.3 Å². The first-order valence-corrected chi connectivity index (χ1v) is 6.82. The van der Waals surface area contributed by atoms with Crippen LogP contribution in [0.5, 0.6) is 5.75 Å². The Labute approximate surface area is 124 Å². The Morgan fingerprint density at radius 1 is 1.48 bits per heavy atom. The molecule has 2 aromatic rings. The van der Waals surface area contributed by atoms with Crippen molar-refractivity contribution in [3.05, 3.63) is 56.0 Å². The van der Waals surface area contributed by atoms with Crippen LogP contribution in [-0.2, 0) is 6.61 Å². The third-order valence-electron chi connectivity index (χ3n) is 2.49. The van der Waals surface area contributed by atoms with Gasteiger partial charge < -0.3 is 10.5 Å². The molecule has 1 aromatic carbocycles. The molecule has 2 rings (SSSR count). The second kappa shape index (κ2) is 6.83. The van der Waals surface area contributed by atoms with Crippen LogP contribution < -0.4 is 10.5 Å². The fourth-order valence-electron chi connectivity index (χ4n) is 1.60. The predicted octanol–water partition coefficient (Wildman–Crippen LogP) is 2.68. The van der Waals surface area contributed by atoms with Crippen molar-refractivity contribution in [2.45, 2.75) is 6.61 Å². The zero-order valence-corrected chi connectivity index (χ0v) is 11.7. The summed E-state index contributed by atoms with van der Waals surface area (Å²) in [5.74, 6) is 4.46. The number of thiophene rings is 1. The van der Waals surface area contributed by atoms with Gasteiger partial charge in [-0.3, -0.25) is 10.1 Å². The minimum Gasteiger partial charge on any atom is -0.479 e. The van der Waals surface area contributed by atoms with Crippen LogP contribution in [0.25, 0.3) is 0 Å². The summed E-state index contributed by atoms with van der Waals surface area (Å²) in [6.45, 7) is 0.305. The molecule has 5 nitrogen and oxygen atoms in total. The Morgan fingerprint density at radius 3 is 3.00 bits per heavy atom. The first kappa shape index (κ1) is 15.0. The lowest BCUT2D eigenvalue weighted by Crippen LogP contribution is -2.00. The Hall–Kier alpha value is -2.43. The average molecular weight is 306 g/mol. The third kappa shape index (κ3) is 3.78. The maximum Gasteiger partial charge on any atom is 0.314 e. The van der Waals surface area contributed by atoms with Crippen molar-refractivity contribution < 1.29 is 14.1 Å². The summed E-state index contributed by atoms with van der Waals surface area (Å²) in [6.07, 6.45) is 0. The van der Waals surface area contributed by atoms with Gasteiger partial charge in [-0.15, -0.1) is 11.3 Å². The van der Waals surface area contributed by atoms with Gasteiger partial charge in [0.05, 0.1) is 11.5 Å². The molecule has 0 aliphatic rings. The van der Waals surface area contributed by atoms with Crippen LogP contribution in [0.3, 0.4) is 0 Å². The number of nitro groups is 1. The summed E-state index contributed by atoms with van der Waals surface area (Å²) in [4.78, 5) is 10.9. The number of para-hydroxylation sites is 1. The van der Waals surface area contributed by atoms with Crippen LogP contribution in [0.15, 0.2) is 29.6 Å². The molecule has 0 atom stereocenters. The molecule has 0 saturated carbocycles. The maximum absolute atomic E-state index is 13.6. The Kier molecular flexibility index (Phi) is 4.87. The first-order chi connectivity index (χ1) is 10.1. The quantitative estimate of drug-likeness (QED) is 0.535. The highest BCUT2D eigenvalue weighted by atomic mass is 32.1. The molecule has 0 aliphatic carbocycles. The van der Waals surface area contributed by atoms with E-state index >= 15 is 0 Å². The maximum atomic E-state index is 13.6. The van der Waals surface area contributed by atoms with Gasteiger partial charge in [-0.2, -0.15) is 0 Å². The topological polar surface area (TPSA) is 78.4 Å². The molecule has 1 heterocycles. The normalized spacial score (nSPS) is 9.81. The van der Waals surface area contributed by atoms with Crippen molar-refractivity contribution in [2.75, 3.05) is 6.54 Å². The number of nitro benzene ring substituents is 1. The van der Waals surface area contributed by atoms with Crippen molar-refractivity contribution in [3.8, 4) is 17.6 Å². The molecular weight excluding hydrogens is 295 g/mol. The van der Waals surface area contributed by atoms with E-state index in [-0.39, 0.29) is 18.9 Å². The lowest BCUT2D eigenvalue weighted by molar-refractivity contribution is -0.386. The van der Waals surface area contributed by atoms with Gasteiger partial charge in [-0.1, -0.05) is 17.9 Å². The van der Waals surface area contributed by atoms with E-state index in [1.54, 1.807) is 6.07 Å². The van der Waals surface area contributed by atoms with Gasteiger partial charge >= 0.3 is 5.69 Å². The van der Waals surface area contributed by atoms with E-state index in [9.17, 15) is 14.5 Å². The Balaban J connectivity index is 2.13. The van der Waals surface area contributed by atoms with Crippen LogP contribution in [-0.4, -0.2) is 11.5 Å². The molecular formula is C14H11FN2O3S. The summed E-state index contributed by atoms with van der Waals surface area (Å²) in [6, 6.07) is 5.37. The van der Waals surface area contributed by atoms with Gasteiger partial charge in [-0.25, -0.2) is 4.39 Å². The molecule has 0 bridgehead atoms. The second-order valence-electron chi connectivity index (χ2n) is 3.94. The van der Waals surface area contributed by atoms with Gasteiger partial charge in [0.15, 0.2) is 5.82 Å². The number of nitrogens with zero attached hydrogens (tertiary/aromatic N) is 1. The third-order valence-corrected chi connectivity index (χ3v) is 3.40. The number of hydrogen-bond acceptors (Lipinski definition) is 5. The summed E-state index contributed by atoms with van der Waals surface area (Å²) in [7, 11) is 0. The van der Waals surface area contributed by atoms with Crippen LogP contribution in [0, 0.1) is 27.8 Å². The molecule has 0 amide bonds. The molecule has 0 saturated heterocycles. The molecule has 0 unspecified atom stereocenters. The summed E-state index contributed by atoms with van der Waals surface area (Å²) in [5, 5.41) is 12.7. The van der Waals surface area contributed by atoms with E-state index in [4.69, 9.17) is 10.5 Å². The standard InChI is InChI=1S/C14H11FN2O3S/c15-12-4-1-5-13(17(18)19)14(12)20-8-11-7-10(9-21-11)3-2-6-16/h1,4-5,7,9H,6,8,16H2. The number of halogens is 1. The lowest BCUT2D eigenvalue weighted by atomic mass is 10.3. The molecule has 21 heavy (non-hydrogen) atoms. The van der Waals surface area contributed by atoms with Gasteiger partial charge in [-0.05, 0) is 12.1 Å². The van der Waals surface area contributed by atoms with Crippen molar-refractivity contribution >= 4 is 17.0 Å². The number of hydrogen-bond donors (Lipinski definition) is 1. The fraction of sp³-hybridized carbons (Fsp3) is 0.143. The first-order valence-electron chi connectivity index (χ1n) is 5.94. The molecule has 1 aromatic heterocycles. The van der Waals surface area contributed by atoms with E-state index in [0.29, 0.717) is 0 Å². The van der Waals surface area contributed by atoms with Crippen molar-refractivity contribution in [1.82, 2.24) is 0 Å². The van der Waals surface area contributed by atoms with E-state index < -0.39 is 16.4 Å². The van der Waals surface area contributed by atoms with E-state index in [2.05, 4.69) is 11.8 Å². The second-order valence-corrected chi connectivity index (χ2v) is 4.94. The SMILES string of the molecule is NCC#Cc1csc(COc2c(F)cccc2[N+](=O)[O-])c1. The van der Waals surface area contributed by atoms with Gasteiger partial charge in [0.1, 0.15) is 6.61 Å². The predicted molar refractivity (Wildman–Crippen MR) is 77.6 cm³/mol. The van der Waals surface area contributed by atoms with Gasteiger partial charge in [0.2, 0.25) is 5.75 Å². The Bertz CT molecular complexity index is 718. The highest BCUT2D eigenvalue weighted by molar-refractivity contribution is 7.10. The highest BCUT2D eigenvalue weighted by Gasteiger charge is 2.19. The molecule has 0 aliphatic heterocycles. The van der Waals surface area contributed by atoms with E-state index in [1.807, 2.05) is 5.38 Å². The number of benzene rings is 1. The lowest BCUT2D eigenvalue weighted by Gasteiger charge is -2.06. The molecule has 7 heteroatoms. The molecule has 0 radical (unpaired) electrons. The highest BCUT2D eigenvalue weighted by Crippen LogP contribution is 2.30. The molecule has 2 N–H and O–H groups in total. The zero-order chi connectivity index (χ0) is 15.2. The number of nitrogens with two attached hydrogens (primary N) is 1. The van der Waals surface area contributed by atoms with E-state index in [0.717, 1.165) is 16.5 Å². The molecule has 0 fully saturated rings. The van der Waals surface area contributed by atoms with Gasteiger partial charge in [0, 0.05) is 21.9 Å². The van der Waals surface area contributed by atoms with E-state index in [1.165, 1.54) is 23.5 Å². The summed E-state index contributed by atoms with van der Waals surface area (Å²) < 4.78 is 18.9. The average Bonchev–Trinajstić information content (AvgIpc) is 2.91. The van der Waals surface area contributed by atoms with Crippen LogP contribution in [0.1, 0.15) is 10.4 Å². The smallest absolute Gasteiger partial charge is 0.314 e. The largest absolute Gasteiger partial charge is 0.479 e. The van der Waals surface area contributed by atoms with Crippen LogP contribution in [0.2, 0.25) is 0 Å².